The van der Waals surface area contributed by atoms with Gasteiger partial charge in [0.25, 0.3) is 0 Å². The highest BCUT2D eigenvalue weighted by Crippen LogP contribution is 2.26. The molecule has 0 N–H and O–H groups in total. The Bertz CT molecular complexity index is 752. The highest BCUT2D eigenvalue weighted by atomic mass is 79.9. The molecule has 5 heteroatoms. The number of carbonyl (C=O) groups is 1. The van der Waals surface area contributed by atoms with E-state index >= 15 is 0 Å². The van der Waals surface area contributed by atoms with Gasteiger partial charge >= 0.3 is 0 Å². The summed E-state index contributed by atoms with van der Waals surface area (Å²) < 4.78 is 8.27. The zero-order chi connectivity index (χ0) is 13.2. The minimum absolute atomic E-state index is 0.305. The van der Waals surface area contributed by atoms with Crippen LogP contribution in [0.3, 0.4) is 0 Å². The molecule has 0 amide bonds. The Hall–Kier alpha value is -2.14. The van der Waals surface area contributed by atoms with Crippen LogP contribution in [0.15, 0.2) is 53.1 Å². The van der Waals surface area contributed by atoms with Crippen LogP contribution in [0.5, 0.6) is 11.6 Å². The van der Waals surface area contributed by atoms with Crippen LogP contribution in [0.2, 0.25) is 0 Å². The molecule has 0 atom stereocenters. The van der Waals surface area contributed by atoms with Crippen LogP contribution >= 0.6 is 15.9 Å². The molecule has 0 saturated carbocycles. The molecule has 0 radical (unpaired) electrons. The zero-order valence-corrected chi connectivity index (χ0v) is 11.4. The normalized spacial score (nSPS) is 10.6. The maximum Gasteiger partial charge on any atom is 0.249 e. The third kappa shape index (κ3) is 2.24. The predicted octanol–water partition coefficient (Wildman–Crippen LogP) is 3.70. The number of aromatic nitrogens is 2. The molecule has 3 rings (SSSR count). The standard InChI is InChI=1S/C14H9BrN2O2/c15-10-4-3-5-11(8-10)19-14-12(9-18)17-7-2-1-6-13(17)16-14/h1-9H. The molecule has 19 heavy (non-hydrogen) atoms. The van der Waals surface area contributed by atoms with Gasteiger partial charge in [-0.25, -0.2) is 0 Å². The first kappa shape index (κ1) is 11.9. The van der Waals surface area contributed by atoms with E-state index in [2.05, 4.69) is 20.9 Å². The molecular formula is C14H9BrN2O2. The lowest BCUT2D eigenvalue weighted by Gasteiger charge is -2.03. The zero-order valence-electron chi connectivity index (χ0n) is 9.79. The number of imidazole rings is 1. The smallest absolute Gasteiger partial charge is 0.249 e. The topological polar surface area (TPSA) is 43.6 Å². The summed E-state index contributed by atoms with van der Waals surface area (Å²) in [5.74, 6) is 0.931. The maximum absolute atomic E-state index is 11.2. The second-order valence-electron chi connectivity index (χ2n) is 3.91. The quantitative estimate of drug-likeness (QED) is 0.692. The van der Waals surface area contributed by atoms with Crippen molar-refractivity contribution in [3.63, 3.8) is 0 Å². The van der Waals surface area contributed by atoms with Crippen molar-refractivity contribution < 1.29 is 9.53 Å². The Morgan fingerprint density at radius 3 is 2.89 bits per heavy atom. The molecule has 4 nitrogen and oxygen atoms in total. The van der Waals surface area contributed by atoms with Crippen LogP contribution in [0.25, 0.3) is 5.65 Å². The van der Waals surface area contributed by atoms with Gasteiger partial charge < -0.3 is 4.74 Å². The lowest BCUT2D eigenvalue weighted by atomic mass is 10.3. The van der Waals surface area contributed by atoms with Crippen LogP contribution in [0, 0.1) is 0 Å². The first-order chi connectivity index (χ1) is 9.28. The maximum atomic E-state index is 11.2. The Morgan fingerprint density at radius 1 is 1.21 bits per heavy atom. The molecule has 0 aliphatic carbocycles. The van der Waals surface area contributed by atoms with Gasteiger partial charge in [0, 0.05) is 10.7 Å². The minimum atomic E-state index is 0.305. The summed E-state index contributed by atoms with van der Waals surface area (Å²) in [5, 5.41) is 0. The molecule has 0 fully saturated rings. The molecule has 1 aromatic carbocycles. The monoisotopic (exact) mass is 316 g/mol. The van der Waals surface area contributed by atoms with E-state index < -0.39 is 0 Å². The fraction of sp³-hybridized carbons (Fsp3) is 0. The molecule has 0 saturated heterocycles. The van der Waals surface area contributed by atoms with Crippen molar-refractivity contribution in [2.45, 2.75) is 0 Å². The summed E-state index contributed by atoms with van der Waals surface area (Å²) in [7, 11) is 0. The fourth-order valence-electron chi connectivity index (χ4n) is 1.82. The van der Waals surface area contributed by atoms with Gasteiger partial charge in [0.05, 0.1) is 0 Å². The van der Waals surface area contributed by atoms with E-state index in [1.165, 1.54) is 0 Å². The third-order valence-corrected chi connectivity index (χ3v) is 3.15. The predicted molar refractivity (Wildman–Crippen MR) is 74.8 cm³/mol. The van der Waals surface area contributed by atoms with E-state index in [4.69, 9.17) is 4.74 Å². The Labute approximate surface area is 117 Å². The number of aldehydes is 1. The van der Waals surface area contributed by atoms with Gasteiger partial charge in [0.2, 0.25) is 5.88 Å². The molecule has 0 spiro atoms. The van der Waals surface area contributed by atoms with Gasteiger partial charge in [-0.2, -0.15) is 4.98 Å². The number of hydrogen-bond acceptors (Lipinski definition) is 3. The van der Waals surface area contributed by atoms with Crippen molar-refractivity contribution in [1.82, 2.24) is 9.38 Å². The number of nitrogens with zero attached hydrogens (tertiary/aromatic N) is 2. The number of halogens is 1. The average Bonchev–Trinajstić information content (AvgIpc) is 2.75. The highest BCUT2D eigenvalue weighted by Gasteiger charge is 2.13. The number of rotatable bonds is 3. The summed E-state index contributed by atoms with van der Waals surface area (Å²) in [6.07, 6.45) is 2.52. The average molecular weight is 317 g/mol. The molecule has 3 aromatic rings. The van der Waals surface area contributed by atoms with E-state index in [9.17, 15) is 4.79 Å². The SMILES string of the molecule is O=Cc1c(Oc2cccc(Br)c2)nc2ccccn12. The van der Waals surface area contributed by atoms with Crippen molar-refractivity contribution in [2.24, 2.45) is 0 Å². The highest BCUT2D eigenvalue weighted by molar-refractivity contribution is 9.10. The van der Waals surface area contributed by atoms with Gasteiger partial charge in [-0.15, -0.1) is 0 Å². The molecule has 2 heterocycles. The van der Waals surface area contributed by atoms with Gasteiger partial charge in [0.1, 0.15) is 11.4 Å². The lowest BCUT2D eigenvalue weighted by Crippen LogP contribution is -1.92. The number of hydrogen-bond donors (Lipinski definition) is 0. The van der Waals surface area contributed by atoms with E-state index in [1.54, 1.807) is 10.6 Å². The lowest BCUT2D eigenvalue weighted by molar-refractivity contribution is 0.111. The summed E-state index contributed by atoms with van der Waals surface area (Å²) in [6.45, 7) is 0. The largest absolute Gasteiger partial charge is 0.437 e. The number of fused-ring (bicyclic) bond motifs is 1. The van der Waals surface area contributed by atoms with Crippen molar-refractivity contribution >= 4 is 27.9 Å². The molecule has 0 aliphatic heterocycles. The number of carbonyl (C=O) groups excluding carboxylic acids is 1. The van der Waals surface area contributed by atoms with E-state index in [1.807, 2.05) is 42.5 Å². The van der Waals surface area contributed by atoms with Gasteiger partial charge in [-0.3, -0.25) is 9.20 Å². The summed E-state index contributed by atoms with van der Waals surface area (Å²) in [6, 6.07) is 12.9. The first-order valence-electron chi connectivity index (χ1n) is 5.63. The third-order valence-electron chi connectivity index (χ3n) is 2.66. The molecule has 0 aliphatic rings. The summed E-state index contributed by atoms with van der Waals surface area (Å²) in [5.41, 5.74) is 1.07. The second kappa shape index (κ2) is 4.85. The van der Waals surface area contributed by atoms with Crippen LogP contribution in [0.4, 0.5) is 0 Å². The van der Waals surface area contributed by atoms with E-state index in [-0.39, 0.29) is 0 Å². The summed E-state index contributed by atoms with van der Waals surface area (Å²) >= 11 is 3.37. The second-order valence-corrected chi connectivity index (χ2v) is 4.82. The van der Waals surface area contributed by atoms with Crippen molar-refractivity contribution in [1.29, 1.82) is 0 Å². The van der Waals surface area contributed by atoms with Gasteiger partial charge in [-0.1, -0.05) is 28.1 Å². The number of benzene rings is 1. The van der Waals surface area contributed by atoms with Crippen LogP contribution < -0.4 is 4.74 Å². The van der Waals surface area contributed by atoms with Crippen LogP contribution in [0.1, 0.15) is 10.5 Å². The van der Waals surface area contributed by atoms with E-state index in [0.29, 0.717) is 23.0 Å². The fourth-order valence-corrected chi connectivity index (χ4v) is 2.20. The Morgan fingerprint density at radius 2 is 2.11 bits per heavy atom. The Kier molecular flexibility index (Phi) is 3.05. The van der Waals surface area contributed by atoms with E-state index in [0.717, 1.165) is 10.8 Å². The molecular weight excluding hydrogens is 308 g/mol. The van der Waals surface area contributed by atoms with Gasteiger partial charge in [0.15, 0.2) is 12.0 Å². The summed E-state index contributed by atoms with van der Waals surface area (Å²) in [4.78, 5) is 15.5. The molecule has 0 bridgehead atoms. The Balaban J connectivity index is 2.07. The molecule has 2 aromatic heterocycles. The van der Waals surface area contributed by atoms with Gasteiger partial charge in [-0.05, 0) is 30.3 Å². The number of ether oxygens (including phenoxy) is 1. The first-order valence-corrected chi connectivity index (χ1v) is 6.43. The number of pyridine rings is 1. The minimum Gasteiger partial charge on any atom is -0.437 e. The van der Waals surface area contributed by atoms with Crippen LogP contribution in [-0.2, 0) is 0 Å². The molecule has 0 unspecified atom stereocenters. The van der Waals surface area contributed by atoms with Crippen molar-refractivity contribution in [3.8, 4) is 11.6 Å². The van der Waals surface area contributed by atoms with Crippen LogP contribution in [-0.4, -0.2) is 15.7 Å². The van der Waals surface area contributed by atoms with Crippen molar-refractivity contribution in [2.75, 3.05) is 0 Å². The van der Waals surface area contributed by atoms with Crippen molar-refractivity contribution in [3.05, 3.63) is 58.8 Å². The molecule has 94 valence electrons.